The number of carbonyl (C=O) groups is 1. The van der Waals surface area contributed by atoms with Crippen molar-refractivity contribution in [3.05, 3.63) is 28.9 Å². The van der Waals surface area contributed by atoms with E-state index in [4.69, 9.17) is 16.3 Å². The first-order chi connectivity index (χ1) is 7.15. The maximum atomic E-state index is 11.3. The molecule has 0 amide bonds. The topological polar surface area (TPSA) is 42.1 Å². The van der Waals surface area contributed by atoms with Gasteiger partial charge in [-0.2, -0.15) is 0 Å². The Morgan fingerprint density at radius 2 is 2.20 bits per heavy atom. The number of H-pyrrole nitrogens is 1. The highest BCUT2D eigenvalue weighted by Gasteiger charge is 2.14. The minimum atomic E-state index is -0.0850. The van der Waals surface area contributed by atoms with E-state index in [2.05, 4.69) is 4.98 Å². The third-order valence-electron chi connectivity index (χ3n) is 2.30. The number of aromatic amines is 1. The second kappa shape index (κ2) is 3.59. The number of para-hydroxylation sites is 1. The van der Waals surface area contributed by atoms with Crippen LogP contribution in [0.5, 0.6) is 5.75 Å². The molecule has 0 unspecified atom stereocenters. The van der Waals surface area contributed by atoms with Crippen molar-refractivity contribution in [2.24, 2.45) is 0 Å². The number of fused-ring (bicyclic) bond motifs is 1. The minimum Gasteiger partial charge on any atom is -0.495 e. The lowest BCUT2D eigenvalue weighted by Crippen LogP contribution is -1.92. The number of benzene rings is 1. The Labute approximate surface area is 92.0 Å². The maximum Gasteiger partial charge on any atom is 0.177 e. The molecule has 1 aromatic carbocycles. The fraction of sp³-hybridized carbons (Fsp3) is 0.182. The van der Waals surface area contributed by atoms with Gasteiger partial charge in [0, 0.05) is 12.3 Å². The van der Waals surface area contributed by atoms with Crippen molar-refractivity contribution in [1.29, 1.82) is 0 Å². The molecule has 0 aliphatic carbocycles. The van der Waals surface area contributed by atoms with Crippen molar-refractivity contribution < 1.29 is 9.53 Å². The normalized spacial score (nSPS) is 10.6. The second-order valence-corrected chi connectivity index (χ2v) is 3.63. The monoisotopic (exact) mass is 223 g/mol. The van der Waals surface area contributed by atoms with E-state index < -0.39 is 0 Å². The van der Waals surface area contributed by atoms with Gasteiger partial charge in [0.15, 0.2) is 5.78 Å². The standard InChI is InChI=1S/C11H10ClNO2/c1-6(14)10-9(12)7-4-3-5-8(15-2)11(7)13-10/h3-5,13H,1-2H3. The van der Waals surface area contributed by atoms with Crippen LogP contribution in [0.1, 0.15) is 17.4 Å². The van der Waals surface area contributed by atoms with Crippen molar-refractivity contribution >= 4 is 28.3 Å². The number of ether oxygens (including phenoxy) is 1. The number of methoxy groups -OCH3 is 1. The summed E-state index contributed by atoms with van der Waals surface area (Å²) in [5, 5.41) is 1.26. The molecular weight excluding hydrogens is 214 g/mol. The Morgan fingerprint density at radius 3 is 2.80 bits per heavy atom. The maximum absolute atomic E-state index is 11.3. The van der Waals surface area contributed by atoms with E-state index in [0.29, 0.717) is 16.5 Å². The van der Waals surface area contributed by atoms with Crippen LogP contribution in [0, 0.1) is 0 Å². The molecule has 0 aliphatic heterocycles. The summed E-state index contributed by atoms with van der Waals surface area (Å²) in [5.74, 6) is 0.597. The first-order valence-electron chi connectivity index (χ1n) is 4.50. The molecule has 1 N–H and O–H groups in total. The number of halogens is 1. The number of hydrogen-bond acceptors (Lipinski definition) is 2. The highest BCUT2D eigenvalue weighted by Crippen LogP contribution is 2.32. The molecule has 0 fully saturated rings. The van der Waals surface area contributed by atoms with Gasteiger partial charge >= 0.3 is 0 Å². The van der Waals surface area contributed by atoms with Gasteiger partial charge in [-0.25, -0.2) is 0 Å². The lowest BCUT2D eigenvalue weighted by Gasteiger charge is -1.99. The smallest absolute Gasteiger partial charge is 0.177 e. The molecule has 0 atom stereocenters. The van der Waals surface area contributed by atoms with Crippen molar-refractivity contribution in [3.8, 4) is 5.75 Å². The van der Waals surface area contributed by atoms with Crippen LogP contribution in [0.3, 0.4) is 0 Å². The molecule has 0 saturated heterocycles. The second-order valence-electron chi connectivity index (χ2n) is 3.25. The SMILES string of the molecule is COc1cccc2c(Cl)c(C(C)=O)[nH]c12. The molecule has 4 heteroatoms. The van der Waals surface area contributed by atoms with Gasteiger partial charge in [-0.05, 0) is 6.07 Å². The van der Waals surface area contributed by atoms with Gasteiger partial charge in [0.25, 0.3) is 0 Å². The molecular formula is C11H10ClNO2. The van der Waals surface area contributed by atoms with Crippen LogP contribution in [0.4, 0.5) is 0 Å². The van der Waals surface area contributed by atoms with Gasteiger partial charge in [-0.3, -0.25) is 4.79 Å². The summed E-state index contributed by atoms with van der Waals surface area (Å²) in [6.07, 6.45) is 0. The van der Waals surface area contributed by atoms with Crippen LogP contribution >= 0.6 is 11.6 Å². The minimum absolute atomic E-state index is 0.0850. The van der Waals surface area contributed by atoms with Gasteiger partial charge < -0.3 is 9.72 Å². The van der Waals surface area contributed by atoms with Gasteiger partial charge in [0.1, 0.15) is 11.4 Å². The summed E-state index contributed by atoms with van der Waals surface area (Å²) < 4.78 is 5.17. The number of ketones is 1. The Hall–Kier alpha value is -1.48. The van der Waals surface area contributed by atoms with Crippen molar-refractivity contribution in [1.82, 2.24) is 4.98 Å². The number of rotatable bonds is 2. The van der Waals surface area contributed by atoms with Gasteiger partial charge in [0.05, 0.1) is 17.6 Å². The van der Waals surface area contributed by atoms with Crippen molar-refractivity contribution in [2.75, 3.05) is 7.11 Å². The number of aromatic nitrogens is 1. The zero-order chi connectivity index (χ0) is 11.0. The van der Waals surface area contributed by atoms with E-state index in [0.717, 1.165) is 10.9 Å². The van der Waals surface area contributed by atoms with Crippen LogP contribution in [0.25, 0.3) is 10.9 Å². The predicted molar refractivity (Wildman–Crippen MR) is 59.9 cm³/mol. The highest BCUT2D eigenvalue weighted by molar-refractivity contribution is 6.39. The summed E-state index contributed by atoms with van der Waals surface area (Å²) >= 11 is 6.07. The molecule has 15 heavy (non-hydrogen) atoms. The Kier molecular flexibility index (Phi) is 2.40. The van der Waals surface area contributed by atoms with E-state index in [1.54, 1.807) is 7.11 Å². The molecule has 0 radical (unpaired) electrons. The zero-order valence-corrected chi connectivity index (χ0v) is 9.18. The van der Waals surface area contributed by atoms with Crippen LogP contribution in [-0.4, -0.2) is 17.9 Å². The molecule has 0 bridgehead atoms. The van der Waals surface area contributed by atoms with Crippen LogP contribution in [0.2, 0.25) is 5.02 Å². The molecule has 0 saturated carbocycles. The molecule has 3 nitrogen and oxygen atoms in total. The third-order valence-corrected chi connectivity index (χ3v) is 2.70. The third kappa shape index (κ3) is 1.49. The lowest BCUT2D eigenvalue weighted by molar-refractivity contribution is 0.101. The quantitative estimate of drug-likeness (QED) is 0.796. The summed E-state index contributed by atoms with van der Waals surface area (Å²) in [7, 11) is 1.58. The number of nitrogens with one attached hydrogen (secondary N) is 1. The predicted octanol–water partition coefficient (Wildman–Crippen LogP) is 3.03. The largest absolute Gasteiger partial charge is 0.495 e. The van der Waals surface area contributed by atoms with E-state index in [1.165, 1.54) is 6.92 Å². The van der Waals surface area contributed by atoms with Crippen LogP contribution in [-0.2, 0) is 0 Å². The molecule has 2 rings (SSSR count). The fourth-order valence-electron chi connectivity index (χ4n) is 1.57. The fourth-order valence-corrected chi connectivity index (χ4v) is 1.91. The number of Topliss-reactive ketones (excluding diaryl/α,β-unsaturated/α-hetero) is 1. The summed E-state index contributed by atoms with van der Waals surface area (Å²) in [6, 6.07) is 5.51. The molecule has 0 aliphatic rings. The van der Waals surface area contributed by atoms with Crippen LogP contribution in [0.15, 0.2) is 18.2 Å². The Morgan fingerprint density at radius 1 is 1.47 bits per heavy atom. The first-order valence-corrected chi connectivity index (χ1v) is 4.88. The molecule has 78 valence electrons. The molecule has 0 spiro atoms. The average molecular weight is 224 g/mol. The first kappa shape index (κ1) is 10.1. The van der Waals surface area contributed by atoms with Crippen molar-refractivity contribution in [3.63, 3.8) is 0 Å². The summed E-state index contributed by atoms with van der Waals surface area (Å²) in [5.41, 5.74) is 1.19. The molecule has 2 aromatic rings. The van der Waals surface area contributed by atoms with E-state index in [9.17, 15) is 4.79 Å². The van der Waals surface area contributed by atoms with E-state index in [1.807, 2.05) is 18.2 Å². The van der Waals surface area contributed by atoms with Crippen molar-refractivity contribution in [2.45, 2.75) is 6.92 Å². The highest BCUT2D eigenvalue weighted by atomic mass is 35.5. The van der Waals surface area contributed by atoms with E-state index >= 15 is 0 Å². The summed E-state index contributed by atoms with van der Waals surface area (Å²) in [4.78, 5) is 14.3. The molecule has 1 aromatic heterocycles. The Balaban J connectivity index is 2.81. The average Bonchev–Trinajstić information content (AvgIpc) is 2.56. The van der Waals surface area contributed by atoms with Gasteiger partial charge in [-0.1, -0.05) is 23.7 Å². The number of hydrogen-bond donors (Lipinski definition) is 1. The zero-order valence-electron chi connectivity index (χ0n) is 8.43. The lowest BCUT2D eigenvalue weighted by atomic mass is 10.2. The number of carbonyl (C=O) groups excluding carboxylic acids is 1. The van der Waals surface area contributed by atoms with Crippen LogP contribution < -0.4 is 4.74 Å². The Bertz CT molecular complexity index is 531. The molecule has 1 heterocycles. The summed E-state index contributed by atoms with van der Waals surface area (Å²) in [6.45, 7) is 1.48. The van der Waals surface area contributed by atoms with Gasteiger partial charge in [-0.15, -0.1) is 0 Å². The van der Waals surface area contributed by atoms with E-state index in [-0.39, 0.29) is 5.78 Å². The van der Waals surface area contributed by atoms with Gasteiger partial charge in [0.2, 0.25) is 0 Å².